The molecular weight excluding hydrogens is 332 g/mol. The standard InChI is InChI=1S/C19H24N4O3/c1-12-8-15(13(2)23(12)11-17-4-3-7-26-17)9-16(10-20)19(25)22-21-18(24)14-5-6-14/h8-9,14,17H,3-7,11H2,1-2H3,(H,21,24)(H,22,25). The molecule has 0 aromatic carbocycles. The normalized spacial score (nSPS) is 19.9. The SMILES string of the molecule is Cc1cc(C=C(C#N)C(=O)NNC(=O)C2CC2)c(C)n1CC1CCCO1. The summed E-state index contributed by atoms with van der Waals surface area (Å²) < 4.78 is 7.86. The Bertz CT molecular complexity index is 777. The van der Waals surface area contributed by atoms with E-state index in [0.717, 1.165) is 55.8 Å². The van der Waals surface area contributed by atoms with Gasteiger partial charge in [0.2, 0.25) is 5.91 Å². The number of carbonyl (C=O) groups excluding carboxylic acids is 2. The van der Waals surface area contributed by atoms with E-state index in [1.807, 2.05) is 26.0 Å². The van der Waals surface area contributed by atoms with Crippen LogP contribution in [-0.4, -0.2) is 29.1 Å². The average Bonchev–Trinajstić information content (AvgIpc) is 3.30. The second kappa shape index (κ2) is 7.75. The fraction of sp³-hybridized carbons (Fsp3) is 0.526. The van der Waals surface area contributed by atoms with Crippen LogP contribution >= 0.6 is 0 Å². The molecule has 3 rings (SSSR count). The Balaban J connectivity index is 1.70. The lowest BCUT2D eigenvalue weighted by molar-refractivity contribution is -0.127. The predicted octanol–water partition coefficient (Wildman–Crippen LogP) is 1.75. The summed E-state index contributed by atoms with van der Waals surface area (Å²) in [6.07, 6.45) is 5.61. The zero-order valence-electron chi connectivity index (χ0n) is 15.2. The molecule has 2 heterocycles. The molecule has 0 bridgehead atoms. The van der Waals surface area contributed by atoms with Crippen molar-refractivity contribution >= 4 is 17.9 Å². The summed E-state index contributed by atoms with van der Waals surface area (Å²) in [5.41, 5.74) is 7.51. The molecule has 0 spiro atoms. The van der Waals surface area contributed by atoms with Gasteiger partial charge in [-0.3, -0.25) is 20.4 Å². The number of hydrogen-bond donors (Lipinski definition) is 2. The Hall–Kier alpha value is -2.59. The van der Waals surface area contributed by atoms with Crippen LogP contribution in [0.1, 0.15) is 42.6 Å². The van der Waals surface area contributed by atoms with Crippen LogP contribution in [0.25, 0.3) is 6.08 Å². The molecule has 2 N–H and O–H groups in total. The van der Waals surface area contributed by atoms with Gasteiger partial charge in [-0.2, -0.15) is 5.26 Å². The highest BCUT2D eigenvalue weighted by Crippen LogP contribution is 2.28. The van der Waals surface area contributed by atoms with Gasteiger partial charge in [0, 0.05) is 30.5 Å². The molecule has 1 atom stereocenters. The topological polar surface area (TPSA) is 96.2 Å². The van der Waals surface area contributed by atoms with Gasteiger partial charge in [-0.05, 0) is 57.2 Å². The third-order valence-corrected chi connectivity index (χ3v) is 4.94. The largest absolute Gasteiger partial charge is 0.376 e. The van der Waals surface area contributed by atoms with Crippen molar-refractivity contribution in [2.24, 2.45) is 5.92 Å². The van der Waals surface area contributed by atoms with E-state index in [0.29, 0.717) is 0 Å². The van der Waals surface area contributed by atoms with Crippen LogP contribution in [0.15, 0.2) is 11.6 Å². The molecular formula is C19H24N4O3. The first-order valence-corrected chi connectivity index (χ1v) is 9.00. The summed E-state index contributed by atoms with van der Waals surface area (Å²) in [6, 6.07) is 3.87. The predicted molar refractivity (Wildman–Crippen MR) is 95.5 cm³/mol. The van der Waals surface area contributed by atoms with Gasteiger partial charge in [0.15, 0.2) is 0 Å². The lowest BCUT2D eigenvalue weighted by Crippen LogP contribution is -2.42. The van der Waals surface area contributed by atoms with Crippen LogP contribution in [0.4, 0.5) is 0 Å². The molecule has 26 heavy (non-hydrogen) atoms. The maximum atomic E-state index is 12.2. The molecule has 1 saturated carbocycles. The van der Waals surface area contributed by atoms with Crippen LogP contribution in [0, 0.1) is 31.1 Å². The van der Waals surface area contributed by atoms with Gasteiger partial charge in [-0.25, -0.2) is 0 Å². The van der Waals surface area contributed by atoms with Gasteiger partial charge < -0.3 is 9.30 Å². The van der Waals surface area contributed by atoms with Gasteiger partial charge in [0.05, 0.1) is 6.10 Å². The number of hydrazine groups is 1. The number of amides is 2. The van der Waals surface area contributed by atoms with Crippen LogP contribution in [-0.2, 0) is 20.9 Å². The lowest BCUT2D eigenvalue weighted by atomic mass is 10.1. The Morgan fingerprint density at radius 1 is 1.35 bits per heavy atom. The van der Waals surface area contributed by atoms with Gasteiger partial charge in [0.1, 0.15) is 11.6 Å². The minimum atomic E-state index is -0.606. The van der Waals surface area contributed by atoms with Gasteiger partial charge in [0.25, 0.3) is 5.91 Å². The van der Waals surface area contributed by atoms with E-state index >= 15 is 0 Å². The van der Waals surface area contributed by atoms with E-state index in [-0.39, 0.29) is 23.5 Å². The van der Waals surface area contributed by atoms with E-state index < -0.39 is 5.91 Å². The smallest absolute Gasteiger partial charge is 0.280 e. The van der Waals surface area contributed by atoms with Crippen molar-refractivity contribution in [2.75, 3.05) is 6.61 Å². The number of nitriles is 1. The lowest BCUT2D eigenvalue weighted by Gasteiger charge is -2.14. The van der Waals surface area contributed by atoms with E-state index in [9.17, 15) is 14.9 Å². The molecule has 1 aliphatic heterocycles. The molecule has 2 fully saturated rings. The average molecular weight is 356 g/mol. The first kappa shape index (κ1) is 18.2. The Morgan fingerprint density at radius 2 is 2.12 bits per heavy atom. The summed E-state index contributed by atoms with van der Waals surface area (Å²) in [5, 5.41) is 9.32. The first-order valence-electron chi connectivity index (χ1n) is 9.00. The summed E-state index contributed by atoms with van der Waals surface area (Å²) >= 11 is 0. The summed E-state index contributed by atoms with van der Waals surface area (Å²) in [7, 11) is 0. The van der Waals surface area contributed by atoms with Gasteiger partial charge in [-0.15, -0.1) is 0 Å². The number of ether oxygens (including phenoxy) is 1. The molecule has 1 unspecified atom stereocenters. The third-order valence-electron chi connectivity index (χ3n) is 4.94. The van der Waals surface area contributed by atoms with E-state index in [4.69, 9.17) is 4.74 Å². The molecule has 2 aliphatic rings. The summed E-state index contributed by atoms with van der Waals surface area (Å²) in [6.45, 7) is 5.55. The van der Waals surface area contributed by atoms with Crippen molar-refractivity contribution in [1.29, 1.82) is 5.26 Å². The van der Waals surface area contributed by atoms with Crippen LogP contribution in [0.2, 0.25) is 0 Å². The van der Waals surface area contributed by atoms with Gasteiger partial charge >= 0.3 is 0 Å². The molecule has 0 radical (unpaired) electrons. The van der Waals surface area contributed by atoms with Crippen LogP contribution in [0.3, 0.4) is 0 Å². The molecule has 1 saturated heterocycles. The maximum Gasteiger partial charge on any atom is 0.280 e. The summed E-state index contributed by atoms with van der Waals surface area (Å²) in [4.78, 5) is 23.8. The van der Waals surface area contributed by atoms with Crippen LogP contribution in [0.5, 0.6) is 0 Å². The van der Waals surface area contributed by atoms with Crippen molar-refractivity contribution in [1.82, 2.24) is 15.4 Å². The number of hydrogen-bond acceptors (Lipinski definition) is 4. The molecule has 138 valence electrons. The number of nitrogens with one attached hydrogen (secondary N) is 2. The van der Waals surface area contributed by atoms with Crippen LogP contribution < -0.4 is 10.9 Å². The Morgan fingerprint density at radius 3 is 2.73 bits per heavy atom. The highest BCUT2D eigenvalue weighted by Gasteiger charge is 2.30. The van der Waals surface area contributed by atoms with E-state index in [2.05, 4.69) is 15.4 Å². The number of carbonyl (C=O) groups is 2. The minimum absolute atomic E-state index is 0.0125. The first-order chi connectivity index (χ1) is 12.5. The second-order valence-corrected chi connectivity index (χ2v) is 6.96. The van der Waals surface area contributed by atoms with E-state index in [1.54, 1.807) is 6.08 Å². The highest BCUT2D eigenvalue weighted by molar-refractivity contribution is 6.02. The molecule has 2 amide bonds. The molecule has 7 heteroatoms. The highest BCUT2D eigenvalue weighted by atomic mass is 16.5. The Kier molecular flexibility index (Phi) is 5.43. The molecule has 1 aliphatic carbocycles. The third kappa shape index (κ3) is 4.14. The summed E-state index contributed by atoms with van der Waals surface area (Å²) in [5.74, 6) is -0.822. The Labute approximate surface area is 153 Å². The van der Waals surface area contributed by atoms with Crippen molar-refractivity contribution in [2.45, 2.75) is 52.2 Å². The van der Waals surface area contributed by atoms with Crippen molar-refractivity contribution in [3.05, 3.63) is 28.6 Å². The number of nitrogens with zero attached hydrogens (tertiary/aromatic N) is 2. The molecule has 1 aromatic rings. The maximum absolute atomic E-state index is 12.2. The van der Waals surface area contributed by atoms with Gasteiger partial charge in [-0.1, -0.05) is 0 Å². The molecule has 1 aromatic heterocycles. The fourth-order valence-corrected chi connectivity index (χ4v) is 3.18. The zero-order chi connectivity index (χ0) is 18.7. The second-order valence-electron chi connectivity index (χ2n) is 6.96. The minimum Gasteiger partial charge on any atom is -0.376 e. The molecule has 7 nitrogen and oxygen atoms in total. The quantitative estimate of drug-likeness (QED) is 0.477. The van der Waals surface area contributed by atoms with Crippen molar-refractivity contribution < 1.29 is 14.3 Å². The fourth-order valence-electron chi connectivity index (χ4n) is 3.18. The zero-order valence-corrected chi connectivity index (χ0v) is 15.2. The monoisotopic (exact) mass is 356 g/mol. The number of aromatic nitrogens is 1. The number of rotatable bonds is 5. The van der Waals surface area contributed by atoms with Crippen molar-refractivity contribution in [3.63, 3.8) is 0 Å². The van der Waals surface area contributed by atoms with E-state index in [1.165, 1.54) is 0 Å². The number of aryl methyl sites for hydroxylation is 1. The van der Waals surface area contributed by atoms with Crippen molar-refractivity contribution in [3.8, 4) is 6.07 Å².